The first-order valence-electron chi connectivity index (χ1n) is 7.58. The van der Waals surface area contributed by atoms with Crippen LogP contribution in [0.2, 0.25) is 0 Å². The van der Waals surface area contributed by atoms with Crippen molar-refractivity contribution >= 4 is 17.3 Å². The molecule has 0 radical (unpaired) electrons. The van der Waals surface area contributed by atoms with Crippen LogP contribution in [0.5, 0.6) is 0 Å². The molecule has 0 bridgehead atoms. The van der Waals surface area contributed by atoms with Crippen LogP contribution in [0.3, 0.4) is 0 Å². The summed E-state index contributed by atoms with van der Waals surface area (Å²) in [6.07, 6.45) is 1.80. The second-order valence-electron chi connectivity index (χ2n) is 5.28. The number of aliphatic hydroxyl groups is 1. The zero-order valence-corrected chi connectivity index (χ0v) is 13.0. The first kappa shape index (κ1) is 15.8. The van der Waals surface area contributed by atoms with Gasteiger partial charge in [0.1, 0.15) is 6.61 Å². The Morgan fingerprint density at radius 2 is 1.88 bits per heavy atom. The van der Waals surface area contributed by atoms with Crippen molar-refractivity contribution < 1.29 is 9.90 Å². The van der Waals surface area contributed by atoms with Gasteiger partial charge in [-0.15, -0.1) is 0 Å². The average molecular weight is 322 g/mol. The maximum atomic E-state index is 11.2. The van der Waals surface area contributed by atoms with Gasteiger partial charge in [-0.1, -0.05) is 36.4 Å². The van der Waals surface area contributed by atoms with Gasteiger partial charge in [-0.25, -0.2) is 0 Å². The van der Waals surface area contributed by atoms with Crippen LogP contribution in [0.4, 0.5) is 11.4 Å². The van der Waals surface area contributed by atoms with E-state index in [-0.39, 0.29) is 0 Å². The minimum Gasteiger partial charge on any atom is -0.387 e. The summed E-state index contributed by atoms with van der Waals surface area (Å²) in [5.74, 6) is -0.437. The molecule has 0 saturated carbocycles. The number of carbonyl (C=O) groups is 1. The number of aromatic nitrogens is 2. The molecule has 1 aromatic heterocycles. The van der Waals surface area contributed by atoms with Gasteiger partial charge in [0.15, 0.2) is 0 Å². The number of carbonyl (C=O) groups excluding carboxylic acids is 1. The van der Waals surface area contributed by atoms with Crippen molar-refractivity contribution in [3.8, 4) is 11.3 Å². The molecular formula is C18H18N4O2. The monoisotopic (exact) mass is 322 g/mol. The lowest BCUT2D eigenvalue weighted by Gasteiger charge is -2.09. The molecule has 24 heavy (non-hydrogen) atoms. The van der Waals surface area contributed by atoms with E-state index in [1.54, 1.807) is 12.3 Å². The SMILES string of the molecule is O=C(CO)Nc1cccc(NCc2cn[nH]c2-c2ccccc2)c1. The first-order valence-corrected chi connectivity index (χ1v) is 7.58. The quantitative estimate of drug-likeness (QED) is 0.561. The standard InChI is InChI=1S/C18H18N4O2/c23-12-17(24)21-16-8-4-7-15(9-16)19-10-14-11-20-22-18(14)13-5-2-1-3-6-13/h1-9,11,19,23H,10,12H2,(H,20,22)(H,21,24). The molecule has 2 aromatic carbocycles. The molecule has 122 valence electrons. The summed E-state index contributed by atoms with van der Waals surface area (Å²) in [7, 11) is 0. The molecular weight excluding hydrogens is 304 g/mol. The average Bonchev–Trinajstić information content (AvgIpc) is 3.09. The van der Waals surface area contributed by atoms with Gasteiger partial charge in [0, 0.05) is 23.5 Å². The second-order valence-corrected chi connectivity index (χ2v) is 5.28. The molecule has 1 heterocycles. The zero-order chi connectivity index (χ0) is 16.8. The van der Waals surface area contributed by atoms with Crippen LogP contribution in [0.25, 0.3) is 11.3 Å². The van der Waals surface area contributed by atoms with Crippen LogP contribution in [0.1, 0.15) is 5.56 Å². The van der Waals surface area contributed by atoms with Crippen LogP contribution in [0, 0.1) is 0 Å². The lowest BCUT2D eigenvalue weighted by molar-refractivity contribution is -0.118. The maximum Gasteiger partial charge on any atom is 0.250 e. The van der Waals surface area contributed by atoms with Crippen LogP contribution in [0.15, 0.2) is 60.8 Å². The summed E-state index contributed by atoms with van der Waals surface area (Å²) in [5.41, 5.74) is 4.61. The van der Waals surface area contributed by atoms with E-state index >= 15 is 0 Å². The number of rotatable bonds is 6. The van der Waals surface area contributed by atoms with Gasteiger partial charge in [0.25, 0.3) is 0 Å². The normalized spacial score (nSPS) is 10.4. The van der Waals surface area contributed by atoms with Gasteiger partial charge in [-0.3, -0.25) is 9.89 Å². The van der Waals surface area contributed by atoms with Gasteiger partial charge < -0.3 is 15.7 Å². The summed E-state index contributed by atoms with van der Waals surface area (Å²) in [6, 6.07) is 17.3. The highest BCUT2D eigenvalue weighted by atomic mass is 16.3. The number of benzene rings is 2. The Hall–Kier alpha value is -3.12. The van der Waals surface area contributed by atoms with Crippen LogP contribution in [-0.2, 0) is 11.3 Å². The molecule has 0 saturated heterocycles. The molecule has 0 spiro atoms. The van der Waals surface area contributed by atoms with E-state index in [1.807, 2.05) is 48.5 Å². The highest BCUT2D eigenvalue weighted by Crippen LogP contribution is 2.22. The van der Waals surface area contributed by atoms with E-state index in [9.17, 15) is 4.79 Å². The Bertz CT molecular complexity index is 815. The van der Waals surface area contributed by atoms with Crippen molar-refractivity contribution in [1.29, 1.82) is 0 Å². The number of amides is 1. The third-order valence-electron chi connectivity index (χ3n) is 3.55. The Morgan fingerprint density at radius 1 is 1.08 bits per heavy atom. The van der Waals surface area contributed by atoms with E-state index in [4.69, 9.17) is 5.11 Å². The molecule has 1 amide bonds. The molecule has 3 rings (SSSR count). The number of nitrogens with zero attached hydrogens (tertiary/aromatic N) is 1. The number of hydrogen-bond donors (Lipinski definition) is 4. The minimum atomic E-state index is -0.535. The van der Waals surface area contributed by atoms with Gasteiger partial charge in [-0.2, -0.15) is 5.10 Å². The molecule has 6 nitrogen and oxygen atoms in total. The number of H-pyrrole nitrogens is 1. The molecule has 4 N–H and O–H groups in total. The number of anilines is 2. The van der Waals surface area contributed by atoms with E-state index < -0.39 is 12.5 Å². The number of aliphatic hydroxyl groups excluding tert-OH is 1. The minimum absolute atomic E-state index is 0.437. The lowest BCUT2D eigenvalue weighted by atomic mass is 10.1. The molecule has 0 atom stereocenters. The largest absolute Gasteiger partial charge is 0.387 e. The summed E-state index contributed by atoms with van der Waals surface area (Å²) in [5, 5.41) is 21.9. The van der Waals surface area contributed by atoms with Crippen LogP contribution < -0.4 is 10.6 Å². The van der Waals surface area contributed by atoms with Crippen LogP contribution >= 0.6 is 0 Å². The zero-order valence-electron chi connectivity index (χ0n) is 13.0. The summed E-state index contributed by atoms with van der Waals surface area (Å²) in [6.45, 7) is 0.0608. The Morgan fingerprint density at radius 3 is 2.67 bits per heavy atom. The van der Waals surface area contributed by atoms with Gasteiger partial charge in [0.05, 0.1) is 11.9 Å². The molecule has 3 aromatic rings. The Balaban J connectivity index is 1.70. The summed E-state index contributed by atoms with van der Waals surface area (Å²) >= 11 is 0. The fourth-order valence-corrected chi connectivity index (χ4v) is 2.40. The van der Waals surface area contributed by atoms with E-state index in [0.717, 1.165) is 22.5 Å². The number of aromatic amines is 1. The van der Waals surface area contributed by atoms with E-state index in [2.05, 4.69) is 20.8 Å². The van der Waals surface area contributed by atoms with Crippen molar-refractivity contribution in [2.75, 3.05) is 17.2 Å². The molecule has 0 aliphatic rings. The fraction of sp³-hybridized carbons (Fsp3) is 0.111. The predicted molar refractivity (Wildman–Crippen MR) is 93.5 cm³/mol. The van der Waals surface area contributed by atoms with Gasteiger partial charge in [-0.05, 0) is 23.8 Å². The molecule has 6 heteroatoms. The third kappa shape index (κ3) is 3.80. The van der Waals surface area contributed by atoms with Crippen molar-refractivity contribution in [1.82, 2.24) is 10.2 Å². The maximum absolute atomic E-state index is 11.2. The molecule has 0 aliphatic heterocycles. The van der Waals surface area contributed by atoms with Crippen LogP contribution in [-0.4, -0.2) is 27.8 Å². The highest BCUT2D eigenvalue weighted by molar-refractivity contribution is 5.91. The fourth-order valence-electron chi connectivity index (χ4n) is 2.40. The molecule has 0 unspecified atom stereocenters. The van der Waals surface area contributed by atoms with E-state index in [0.29, 0.717) is 12.2 Å². The Labute approximate surface area is 139 Å². The lowest BCUT2D eigenvalue weighted by Crippen LogP contribution is -2.15. The topological polar surface area (TPSA) is 90.0 Å². The second kappa shape index (κ2) is 7.43. The van der Waals surface area contributed by atoms with Gasteiger partial charge >= 0.3 is 0 Å². The Kier molecular flexibility index (Phi) is 4.88. The summed E-state index contributed by atoms with van der Waals surface area (Å²) < 4.78 is 0. The van der Waals surface area contributed by atoms with Gasteiger partial charge in [0.2, 0.25) is 5.91 Å². The highest BCUT2D eigenvalue weighted by Gasteiger charge is 2.07. The smallest absolute Gasteiger partial charge is 0.250 e. The van der Waals surface area contributed by atoms with Crippen molar-refractivity contribution in [2.45, 2.75) is 6.54 Å². The van der Waals surface area contributed by atoms with Crippen molar-refractivity contribution in [3.05, 3.63) is 66.4 Å². The number of nitrogens with one attached hydrogen (secondary N) is 3. The summed E-state index contributed by atoms with van der Waals surface area (Å²) in [4.78, 5) is 11.2. The number of hydrogen-bond acceptors (Lipinski definition) is 4. The molecule has 0 aliphatic carbocycles. The van der Waals surface area contributed by atoms with Crippen molar-refractivity contribution in [2.24, 2.45) is 0 Å². The van der Waals surface area contributed by atoms with Crippen molar-refractivity contribution in [3.63, 3.8) is 0 Å². The first-order chi connectivity index (χ1) is 11.8. The third-order valence-corrected chi connectivity index (χ3v) is 3.55. The van der Waals surface area contributed by atoms with E-state index in [1.165, 1.54) is 0 Å². The predicted octanol–water partition coefficient (Wildman–Crippen LogP) is 2.62. The molecule has 0 fully saturated rings.